The topological polar surface area (TPSA) is 66.6 Å². The van der Waals surface area contributed by atoms with E-state index in [9.17, 15) is 4.79 Å². The van der Waals surface area contributed by atoms with Crippen LogP contribution in [0.3, 0.4) is 0 Å². The van der Waals surface area contributed by atoms with Gasteiger partial charge in [0, 0.05) is 36.3 Å². The molecule has 1 amide bonds. The van der Waals surface area contributed by atoms with Gasteiger partial charge in [0.1, 0.15) is 0 Å². The molecule has 4 aromatic rings. The highest BCUT2D eigenvalue weighted by Gasteiger charge is 2.27. The molecule has 3 heterocycles. The Balaban J connectivity index is 1.43. The van der Waals surface area contributed by atoms with Crippen molar-refractivity contribution in [2.45, 2.75) is 20.3 Å². The first-order chi connectivity index (χ1) is 16.1. The van der Waals surface area contributed by atoms with Crippen LogP contribution in [-0.2, 0) is 6.42 Å². The predicted octanol–water partition coefficient (Wildman–Crippen LogP) is 4.39. The largest absolute Gasteiger partial charge is 0.368 e. The van der Waals surface area contributed by atoms with Crippen LogP contribution >= 0.6 is 15.9 Å². The summed E-state index contributed by atoms with van der Waals surface area (Å²) < 4.78 is 2.79. The van der Waals surface area contributed by atoms with E-state index in [2.05, 4.69) is 50.1 Å². The van der Waals surface area contributed by atoms with Crippen molar-refractivity contribution in [3.05, 3.63) is 76.2 Å². The fourth-order valence-electron chi connectivity index (χ4n) is 4.36. The molecule has 1 fully saturated rings. The van der Waals surface area contributed by atoms with Crippen LogP contribution in [0.2, 0.25) is 0 Å². The van der Waals surface area contributed by atoms with E-state index in [0.717, 1.165) is 40.8 Å². The molecule has 1 saturated heterocycles. The molecule has 8 heteroatoms. The lowest BCUT2D eigenvalue weighted by molar-refractivity contribution is 0.0738. The molecule has 0 unspecified atom stereocenters. The number of amides is 1. The molecule has 0 saturated carbocycles. The molecule has 0 spiro atoms. The first-order valence-electron chi connectivity index (χ1n) is 11.2. The Morgan fingerprint density at radius 3 is 2.33 bits per heavy atom. The zero-order chi connectivity index (χ0) is 22.9. The molecular weight excluding hydrogens is 480 g/mol. The minimum atomic E-state index is -0.0895. The lowest BCUT2D eigenvalue weighted by Crippen LogP contribution is -2.49. The molecule has 0 N–H and O–H groups in total. The summed E-state index contributed by atoms with van der Waals surface area (Å²) in [4.78, 5) is 17.5. The van der Waals surface area contributed by atoms with E-state index < -0.39 is 0 Å². The smallest absolute Gasteiger partial charge is 0.276 e. The van der Waals surface area contributed by atoms with E-state index in [4.69, 9.17) is 5.10 Å². The fourth-order valence-corrected chi connectivity index (χ4v) is 4.63. The zero-order valence-electron chi connectivity index (χ0n) is 18.7. The number of piperazine rings is 1. The number of halogens is 1. The van der Waals surface area contributed by atoms with Crippen LogP contribution in [0.1, 0.15) is 28.8 Å². The van der Waals surface area contributed by atoms with E-state index in [0.29, 0.717) is 30.1 Å². The van der Waals surface area contributed by atoms with Crippen LogP contribution in [0.5, 0.6) is 0 Å². The van der Waals surface area contributed by atoms with Crippen LogP contribution < -0.4 is 4.90 Å². The van der Waals surface area contributed by atoms with Crippen LogP contribution in [0.4, 0.5) is 5.69 Å². The highest BCUT2D eigenvalue weighted by atomic mass is 79.9. The molecule has 1 aliphatic rings. The van der Waals surface area contributed by atoms with Gasteiger partial charge >= 0.3 is 0 Å². The third kappa shape index (κ3) is 3.99. The third-order valence-corrected chi connectivity index (χ3v) is 6.73. The molecule has 0 atom stereocenters. The van der Waals surface area contributed by atoms with Gasteiger partial charge < -0.3 is 9.80 Å². The van der Waals surface area contributed by atoms with E-state index >= 15 is 0 Å². The van der Waals surface area contributed by atoms with Crippen molar-refractivity contribution in [2.24, 2.45) is 0 Å². The SMILES string of the molecule is CCc1nn2c(C)c(C(=O)N3CCN(c4ccccc4)CC3)nnc2c1-c1ccc(Br)cc1. The maximum atomic E-state index is 13.3. The number of rotatable bonds is 4. The zero-order valence-corrected chi connectivity index (χ0v) is 20.3. The van der Waals surface area contributed by atoms with Gasteiger partial charge in [-0.25, -0.2) is 4.52 Å². The lowest BCUT2D eigenvalue weighted by atomic mass is 10.0. The van der Waals surface area contributed by atoms with Gasteiger partial charge in [0.2, 0.25) is 0 Å². The van der Waals surface area contributed by atoms with Gasteiger partial charge in [0.25, 0.3) is 5.91 Å². The maximum absolute atomic E-state index is 13.3. The minimum absolute atomic E-state index is 0.0895. The first-order valence-corrected chi connectivity index (χ1v) is 12.0. The first kappa shape index (κ1) is 21.6. The molecule has 1 aliphatic heterocycles. The van der Waals surface area contributed by atoms with Crippen molar-refractivity contribution in [3.63, 3.8) is 0 Å². The number of aromatic nitrogens is 4. The molecule has 2 aromatic heterocycles. The van der Waals surface area contributed by atoms with Gasteiger partial charge in [-0.2, -0.15) is 5.10 Å². The number of hydrogen-bond acceptors (Lipinski definition) is 5. The number of carbonyl (C=O) groups is 1. The Bertz CT molecular complexity index is 1290. The van der Waals surface area contributed by atoms with E-state index in [1.165, 1.54) is 5.69 Å². The highest BCUT2D eigenvalue weighted by molar-refractivity contribution is 9.10. The van der Waals surface area contributed by atoms with Gasteiger partial charge in [-0.1, -0.05) is 53.2 Å². The molecule has 33 heavy (non-hydrogen) atoms. The normalized spacial score (nSPS) is 14.2. The Morgan fingerprint density at radius 1 is 0.970 bits per heavy atom. The molecule has 0 bridgehead atoms. The molecule has 0 radical (unpaired) electrons. The van der Waals surface area contributed by atoms with Crippen LogP contribution in [-0.4, -0.2) is 56.8 Å². The second-order valence-electron chi connectivity index (χ2n) is 8.17. The Morgan fingerprint density at radius 2 is 1.67 bits per heavy atom. The van der Waals surface area contributed by atoms with Crippen molar-refractivity contribution in [1.82, 2.24) is 24.7 Å². The predicted molar refractivity (Wildman–Crippen MR) is 133 cm³/mol. The maximum Gasteiger partial charge on any atom is 0.276 e. The van der Waals surface area contributed by atoms with Crippen LogP contribution in [0.15, 0.2) is 59.1 Å². The van der Waals surface area contributed by atoms with Crippen molar-refractivity contribution >= 4 is 33.2 Å². The summed E-state index contributed by atoms with van der Waals surface area (Å²) in [5.74, 6) is -0.0895. The van der Waals surface area contributed by atoms with E-state index in [1.807, 2.05) is 54.3 Å². The van der Waals surface area contributed by atoms with E-state index in [-0.39, 0.29) is 5.91 Å². The summed E-state index contributed by atoms with van der Waals surface area (Å²) in [6.07, 6.45) is 0.763. The number of anilines is 1. The number of carbonyl (C=O) groups excluding carboxylic acids is 1. The summed E-state index contributed by atoms with van der Waals surface area (Å²) >= 11 is 3.49. The fraction of sp³-hybridized carbons (Fsp3) is 0.280. The van der Waals surface area contributed by atoms with Gasteiger partial charge in [0.05, 0.1) is 17.0 Å². The minimum Gasteiger partial charge on any atom is -0.368 e. The molecule has 2 aromatic carbocycles. The van der Waals surface area contributed by atoms with Gasteiger partial charge in [0.15, 0.2) is 11.3 Å². The number of nitrogens with zero attached hydrogens (tertiary/aromatic N) is 6. The van der Waals surface area contributed by atoms with Crippen LogP contribution in [0.25, 0.3) is 16.8 Å². The lowest BCUT2D eigenvalue weighted by Gasteiger charge is -2.36. The van der Waals surface area contributed by atoms with Crippen LogP contribution in [0, 0.1) is 6.92 Å². The van der Waals surface area contributed by atoms with Crippen molar-refractivity contribution in [3.8, 4) is 11.1 Å². The van der Waals surface area contributed by atoms with Crippen molar-refractivity contribution in [1.29, 1.82) is 0 Å². The molecule has 5 rings (SSSR count). The summed E-state index contributed by atoms with van der Waals surface area (Å²) in [6.45, 7) is 6.85. The highest BCUT2D eigenvalue weighted by Crippen LogP contribution is 2.30. The number of fused-ring (bicyclic) bond motifs is 1. The quantitative estimate of drug-likeness (QED) is 0.412. The summed E-state index contributed by atoms with van der Waals surface area (Å²) in [5, 5.41) is 13.6. The Hall–Kier alpha value is -3.26. The summed E-state index contributed by atoms with van der Waals surface area (Å²) in [6, 6.07) is 18.4. The monoisotopic (exact) mass is 504 g/mol. The van der Waals surface area contributed by atoms with Crippen molar-refractivity contribution in [2.75, 3.05) is 31.1 Å². The third-order valence-electron chi connectivity index (χ3n) is 6.20. The molecule has 0 aliphatic carbocycles. The van der Waals surface area contributed by atoms with Gasteiger partial charge in [-0.3, -0.25) is 4.79 Å². The van der Waals surface area contributed by atoms with Gasteiger partial charge in [-0.15, -0.1) is 10.2 Å². The second kappa shape index (κ2) is 8.94. The molecule has 7 nitrogen and oxygen atoms in total. The number of aryl methyl sites for hydroxylation is 2. The number of hydrogen-bond donors (Lipinski definition) is 0. The van der Waals surface area contributed by atoms with Gasteiger partial charge in [-0.05, 0) is 43.2 Å². The average Bonchev–Trinajstić information content (AvgIpc) is 3.25. The summed E-state index contributed by atoms with van der Waals surface area (Å²) in [7, 11) is 0. The Labute approximate surface area is 201 Å². The average molecular weight is 505 g/mol. The van der Waals surface area contributed by atoms with E-state index in [1.54, 1.807) is 4.52 Å². The second-order valence-corrected chi connectivity index (χ2v) is 9.08. The molecular formula is C25H25BrN6O. The number of benzene rings is 2. The van der Waals surface area contributed by atoms with Crippen molar-refractivity contribution < 1.29 is 4.79 Å². The molecule has 168 valence electrons. The Kier molecular flexibility index (Phi) is 5.85. The summed E-state index contributed by atoms with van der Waals surface area (Å²) in [5.41, 5.74) is 5.89. The number of para-hydroxylation sites is 1. The standard InChI is InChI=1S/C25H25BrN6O/c1-3-21-22(18-9-11-19(26)12-10-18)24-28-27-23(17(2)32(24)29-21)25(33)31-15-13-30(14-16-31)20-7-5-4-6-8-20/h4-12H,3,13-16H2,1-2H3.